The van der Waals surface area contributed by atoms with Gasteiger partial charge in [-0.25, -0.2) is 9.71 Å². The highest BCUT2D eigenvalue weighted by Gasteiger charge is 2.25. The third-order valence-electron chi connectivity index (χ3n) is 3.57. The predicted octanol–water partition coefficient (Wildman–Crippen LogP) is 3.34. The van der Waals surface area contributed by atoms with Crippen LogP contribution >= 0.6 is 12.2 Å². The monoisotopic (exact) mass is 273 g/mol. The van der Waals surface area contributed by atoms with Gasteiger partial charge in [0.25, 0.3) is 0 Å². The van der Waals surface area contributed by atoms with Gasteiger partial charge in [-0.05, 0) is 49.0 Å². The minimum Gasteiger partial charge on any atom is -0.336 e. The summed E-state index contributed by atoms with van der Waals surface area (Å²) in [7, 11) is 0. The van der Waals surface area contributed by atoms with E-state index in [1.165, 1.54) is 6.07 Å². The van der Waals surface area contributed by atoms with Crippen LogP contribution in [0.1, 0.15) is 24.8 Å². The van der Waals surface area contributed by atoms with Gasteiger partial charge in [-0.15, -0.1) is 0 Å². The van der Waals surface area contributed by atoms with Crippen molar-refractivity contribution in [3.63, 3.8) is 0 Å². The van der Waals surface area contributed by atoms with E-state index < -0.39 is 0 Å². The molecule has 0 fully saturated rings. The summed E-state index contributed by atoms with van der Waals surface area (Å²) in [4.78, 5) is 0. The van der Waals surface area contributed by atoms with Crippen LogP contribution in [0.2, 0.25) is 0 Å². The van der Waals surface area contributed by atoms with E-state index >= 15 is 0 Å². The van der Waals surface area contributed by atoms with Gasteiger partial charge in [-0.3, -0.25) is 0 Å². The van der Waals surface area contributed by atoms with Crippen molar-refractivity contribution in [1.82, 2.24) is 10.6 Å². The SMILES string of the molecule is Fc1ccccc1C1=CCCC1CC1=CNC(=S)[N]1. The smallest absolute Gasteiger partial charge is 0.197 e. The van der Waals surface area contributed by atoms with Crippen molar-refractivity contribution < 1.29 is 4.39 Å². The first-order valence-electron chi connectivity index (χ1n) is 6.40. The number of halogens is 1. The quantitative estimate of drug-likeness (QED) is 0.855. The van der Waals surface area contributed by atoms with Gasteiger partial charge in [-0.2, -0.15) is 0 Å². The van der Waals surface area contributed by atoms with Gasteiger partial charge in [-0.1, -0.05) is 24.3 Å². The van der Waals surface area contributed by atoms with Crippen molar-refractivity contribution in [1.29, 1.82) is 0 Å². The van der Waals surface area contributed by atoms with Gasteiger partial charge >= 0.3 is 0 Å². The molecule has 1 aromatic carbocycles. The molecule has 97 valence electrons. The first-order valence-corrected chi connectivity index (χ1v) is 6.81. The summed E-state index contributed by atoms with van der Waals surface area (Å²) in [5.41, 5.74) is 2.78. The van der Waals surface area contributed by atoms with Crippen LogP contribution in [-0.2, 0) is 0 Å². The molecule has 1 atom stereocenters. The summed E-state index contributed by atoms with van der Waals surface area (Å²) >= 11 is 4.98. The fourth-order valence-electron chi connectivity index (χ4n) is 2.70. The molecule has 1 N–H and O–H groups in total. The topological polar surface area (TPSA) is 26.1 Å². The molecule has 1 aromatic rings. The predicted molar refractivity (Wildman–Crippen MR) is 77.7 cm³/mol. The van der Waals surface area contributed by atoms with Gasteiger partial charge in [0, 0.05) is 11.8 Å². The Morgan fingerprint density at radius 3 is 2.95 bits per heavy atom. The molecular formula is C15H14FN2S. The number of allylic oxidation sites excluding steroid dienone is 3. The highest BCUT2D eigenvalue weighted by molar-refractivity contribution is 7.80. The molecule has 0 spiro atoms. The molecule has 1 heterocycles. The molecular weight excluding hydrogens is 259 g/mol. The van der Waals surface area contributed by atoms with E-state index in [0.29, 0.717) is 11.0 Å². The van der Waals surface area contributed by atoms with Gasteiger partial charge in [0.2, 0.25) is 0 Å². The lowest BCUT2D eigenvalue weighted by Crippen LogP contribution is -2.16. The minimum atomic E-state index is -0.147. The molecule has 0 amide bonds. The van der Waals surface area contributed by atoms with E-state index in [0.717, 1.165) is 36.1 Å². The van der Waals surface area contributed by atoms with Gasteiger partial charge in [0.1, 0.15) is 5.82 Å². The summed E-state index contributed by atoms with van der Waals surface area (Å²) in [6.45, 7) is 0. The zero-order valence-corrected chi connectivity index (χ0v) is 11.2. The Hall–Kier alpha value is -1.68. The Morgan fingerprint density at radius 1 is 1.37 bits per heavy atom. The average Bonchev–Trinajstić information content (AvgIpc) is 3.00. The van der Waals surface area contributed by atoms with Crippen LogP contribution in [0.25, 0.3) is 5.57 Å². The van der Waals surface area contributed by atoms with E-state index in [2.05, 4.69) is 16.7 Å². The fourth-order valence-corrected chi connectivity index (χ4v) is 2.87. The van der Waals surface area contributed by atoms with Crippen LogP contribution in [-0.4, -0.2) is 5.11 Å². The maximum Gasteiger partial charge on any atom is 0.197 e. The van der Waals surface area contributed by atoms with E-state index in [1.54, 1.807) is 6.07 Å². The lowest BCUT2D eigenvalue weighted by atomic mass is 9.91. The van der Waals surface area contributed by atoms with Crippen LogP contribution in [0.5, 0.6) is 0 Å². The average molecular weight is 273 g/mol. The van der Waals surface area contributed by atoms with Crippen molar-refractivity contribution in [2.45, 2.75) is 19.3 Å². The first kappa shape index (κ1) is 12.4. The number of thiocarbonyl (C=S) groups is 1. The highest BCUT2D eigenvalue weighted by Crippen LogP contribution is 2.38. The van der Waals surface area contributed by atoms with Crippen molar-refractivity contribution in [3.8, 4) is 0 Å². The lowest BCUT2D eigenvalue weighted by molar-refractivity contribution is 0.604. The Morgan fingerprint density at radius 2 is 2.21 bits per heavy atom. The van der Waals surface area contributed by atoms with E-state index in [1.807, 2.05) is 18.3 Å². The second-order valence-electron chi connectivity index (χ2n) is 4.81. The molecule has 0 saturated carbocycles. The van der Waals surface area contributed by atoms with Crippen molar-refractivity contribution in [3.05, 3.63) is 53.6 Å². The number of nitrogens with one attached hydrogen (secondary N) is 1. The third kappa shape index (κ3) is 2.54. The summed E-state index contributed by atoms with van der Waals surface area (Å²) in [6.07, 6.45) is 6.85. The van der Waals surface area contributed by atoms with Crippen LogP contribution in [0, 0.1) is 11.7 Å². The Bertz CT molecular complexity index is 577. The largest absolute Gasteiger partial charge is 0.336 e. The van der Waals surface area contributed by atoms with E-state index in [4.69, 9.17) is 12.2 Å². The molecule has 0 saturated heterocycles. The van der Waals surface area contributed by atoms with Gasteiger partial charge < -0.3 is 5.32 Å². The Kier molecular flexibility index (Phi) is 3.34. The third-order valence-corrected chi connectivity index (χ3v) is 3.78. The maximum absolute atomic E-state index is 13.9. The summed E-state index contributed by atoms with van der Waals surface area (Å²) in [5.74, 6) is 0.182. The number of nitrogens with zero attached hydrogens (tertiary/aromatic N) is 1. The molecule has 2 nitrogen and oxygen atoms in total. The van der Waals surface area contributed by atoms with Crippen LogP contribution in [0.3, 0.4) is 0 Å². The van der Waals surface area contributed by atoms with E-state index in [9.17, 15) is 4.39 Å². The second kappa shape index (κ2) is 5.13. The second-order valence-corrected chi connectivity index (χ2v) is 5.20. The molecule has 4 heteroatoms. The molecule has 2 aliphatic rings. The molecule has 1 radical (unpaired) electrons. The standard InChI is InChI=1S/C15H14FN2S/c16-14-7-2-1-5-13(14)12-6-3-4-10(12)8-11-9-17-15(19)18-11/h1-2,5-7,9-10H,3-4,8H2,(H,17,19). The summed E-state index contributed by atoms with van der Waals surface area (Å²) in [6, 6.07) is 6.97. The van der Waals surface area contributed by atoms with E-state index in [-0.39, 0.29) is 5.82 Å². The van der Waals surface area contributed by atoms with Crippen LogP contribution in [0.4, 0.5) is 4.39 Å². The fraction of sp³-hybridized carbons (Fsp3) is 0.267. The molecule has 3 rings (SSSR count). The molecule has 19 heavy (non-hydrogen) atoms. The van der Waals surface area contributed by atoms with Crippen molar-refractivity contribution in [2.24, 2.45) is 5.92 Å². The van der Waals surface area contributed by atoms with Gasteiger partial charge in [0.15, 0.2) is 5.11 Å². The Balaban J connectivity index is 1.79. The summed E-state index contributed by atoms with van der Waals surface area (Å²) in [5, 5.41) is 7.70. The number of rotatable bonds is 3. The molecule has 1 aliphatic carbocycles. The Labute approximate surface area is 117 Å². The number of hydrogen-bond donors (Lipinski definition) is 1. The highest BCUT2D eigenvalue weighted by atomic mass is 32.1. The summed E-state index contributed by atoms with van der Waals surface area (Å²) < 4.78 is 13.9. The maximum atomic E-state index is 13.9. The zero-order valence-electron chi connectivity index (χ0n) is 10.4. The van der Waals surface area contributed by atoms with Crippen LogP contribution < -0.4 is 10.6 Å². The normalized spacial score (nSPS) is 21.7. The van der Waals surface area contributed by atoms with Gasteiger partial charge in [0.05, 0.1) is 5.70 Å². The molecule has 1 aliphatic heterocycles. The zero-order chi connectivity index (χ0) is 13.2. The first-order chi connectivity index (χ1) is 9.24. The molecule has 0 aromatic heterocycles. The van der Waals surface area contributed by atoms with Crippen molar-refractivity contribution >= 4 is 22.9 Å². The van der Waals surface area contributed by atoms with Crippen LogP contribution in [0.15, 0.2) is 42.2 Å². The number of hydrogen-bond acceptors (Lipinski definition) is 1. The number of benzene rings is 1. The molecule has 0 bridgehead atoms. The lowest BCUT2D eigenvalue weighted by Gasteiger charge is -2.15. The van der Waals surface area contributed by atoms with Crippen molar-refractivity contribution in [2.75, 3.05) is 0 Å². The minimum absolute atomic E-state index is 0.147. The molecule has 1 unspecified atom stereocenters.